The van der Waals surface area contributed by atoms with Crippen molar-refractivity contribution in [3.63, 3.8) is 0 Å². The van der Waals surface area contributed by atoms with Crippen molar-refractivity contribution in [1.82, 2.24) is 15.0 Å². The highest BCUT2D eigenvalue weighted by molar-refractivity contribution is 6.10. The molecule has 2 aromatic heterocycles. The predicted molar refractivity (Wildman–Crippen MR) is 68.4 cm³/mol. The molecule has 0 bridgehead atoms. The molecule has 4 N–H and O–H groups in total. The molecule has 0 amide bonds. The van der Waals surface area contributed by atoms with Crippen molar-refractivity contribution in [3.8, 4) is 0 Å². The van der Waals surface area contributed by atoms with Gasteiger partial charge in [0.1, 0.15) is 0 Å². The van der Waals surface area contributed by atoms with Gasteiger partial charge in [-0.2, -0.15) is 0 Å². The van der Waals surface area contributed by atoms with Gasteiger partial charge >= 0.3 is 0 Å². The quantitative estimate of drug-likeness (QED) is 0.448. The lowest BCUT2D eigenvalue weighted by Crippen LogP contribution is -1.99. The second-order valence-electron chi connectivity index (χ2n) is 3.95. The average Bonchev–Trinajstić information content (AvgIpc) is 2.36. The molecule has 84 valence electrons. The molecule has 2 heterocycles. The van der Waals surface area contributed by atoms with Crippen molar-refractivity contribution < 1.29 is 0 Å². The van der Waals surface area contributed by atoms with Crippen LogP contribution in [0.25, 0.3) is 21.7 Å². The van der Waals surface area contributed by atoms with Crippen LogP contribution in [0.2, 0.25) is 0 Å². The van der Waals surface area contributed by atoms with Crippen LogP contribution in [0.4, 0.5) is 11.6 Å². The first kappa shape index (κ1) is 9.77. The Kier molecular flexibility index (Phi) is 1.89. The van der Waals surface area contributed by atoms with E-state index in [1.807, 2.05) is 13.0 Å². The first-order valence-electron chi connectivity index (χ1n) is 5.22. The van der Waals surface area contributed by atoms with Crippen molar-refractivity contribution in [2.24, 2.45) is 0 Å². The van der Waals surface area contributed by atoms with Crippen LogP contribution < -0.4 is 11.5 Å². The molecule has 3 aromatic rings. The number of hydrogen-bond donors (Lipinski definition) is 2. The first-order valence-corrected chi connectivity index (χ1v) is 5.22. The van der Waals surface area contributed by atoms with Crippen molar-refractivity contribution in [2.45, 2.75) is 6.92 Å². The Morgan fingerprint density at radius 1 is 1.06 bits per heavy atom. The van der Waals surface area contributed by atoms with Gasteiger partial charge in [0.05, 0.1) is 11.2 Å². The predicted octanol–water partition coefficient (Wildman–Crippen LogP) is 1.65. The molecular formula is C12H11N5. The van der Waals surface area contributed by atoms with Crippen LogP contribution in [-0.4, -0.2) is 15.0 Å². The van der Waals surface area contributed by atoms with E-state index in [1.165, 1.54) is 0 Å². The summed E-state index contributed by atoms with van der Waals surface area (Å²) >= 11 is 0. The van der Waals surface area contributed by atoms with Gasteiger partial charge in [-0.1, -0.05) is 0 Å². The largest absolute Gasteiger partial charge is 0.396 e. The van der Waals surface area contributed by atoms with Gasteiger partial charge in [0.2, 0.25) is 5.95 Å². The number of anilines is 2. The molecule has 0 radical (unpaired) electrons. The molecular weight excluding hydrogens is 214 g/mol. The van der Waals surface area contributed by atoms with Crippen LogP contribution in [0, 0.1) is 6.92 Å². The third kappa shape index (κ3) is 1.29. The number of aryl methyl sites for hydroxylation is 1. The maximum absolute atomic E-state index is 6.12. The topological polar surface area (TPSA) is 90.7 Å². The lowest BCUT2D eigenvalue weighted by atomic mass is 10.0. The number of fused-ring (bicyclic) bond motifs is 2. The van der Waals surface area contributed by atoms with Gasteiger partial charge < -0.3 is 11.5 Å². The zero-order valence-corrected chi connectivity index (χ0v) is 9.31. The number of nitrogens with two attached hydrogens (primary N) is 2. The summed E-state index contributed by atoms with van der Waals surface area (Å²) in [4.78, 5) is 12.3. The van der Waals surface area contributed by atoms with Gasteiger partial charge in [0.15, 0.2) is 0 Å². The molecule has 5 nitrogen and oxygen atoms in total. The fraction of sp³-hybridized carbons (Fsp3) is 0.0833. The molecule has 0 atom stereocenters. The summed E-state index contributed by atoms with van der Waals surface area (Å²) < 4.78 is 0. The van der Waals surface area contributed by atoms with Crippen LogP contribution in [0.5, 0.6) is 0 Å². The van der Waals surface area contributed by atoms with E-state index >= 15 is 0 Å². The molecule has 3 rings (SSSR count). The van der Waals surface area contributed by atoms with Crippen molar-refractivity contribution >= 4 is 33.3 Å². The molecule has 0 aliphatic carbocycles. The normalized spacial score (nSPS) is 11.1. The van der Waals surface area contributed by atoms with Crippen LogP contribution >= 0.6 is 0 Å². The minimum atomic E-state index is 0.233. The molecule has 0 saturated carbocycles. The van der Waals surface area contributed by atoms with Crippen molar-refractivity contribution in [1.29, 1.82) is 0 Å². The molecule has 1 aromatic carbocycles. The number of pyridine rings is 1. The van der Waals surface area contributed by atoms with Crippen molar-refractivity contribution in [3.05, 3.63) is 30.2 Å². The monoisotopic (exact) mass is 225 g/mol. The minimum absolute atomic E-state index is 0.233. The smallest absolute Gasteiger partial charge is 0.220 e. The highest BCUT2D eigenvalue weighted by Crippen LogP contribution is 2.32. The Morgan fingerprint density at radius 2 is 1.88 bits per heavy atom. The Labute approximate surface area is 97.5 Å². The number of rotatable bonds is 0. The minimum Gasteiger partial charge on any atom is -0.396 e. The molecule has 0 aliphatic heterocycles. The lowest BCUT2D eigenvalue weighted by molar-refractivity contribution is 1.24. The second kappa shape index (κ2) is 3.28. The number of nitrogen functional groups attached to an aromatic ring is 2. The van der Waals surface area contributed by atoms with Crippen molar-refractivity contribution in [2.75, 3.05) is 11.5 Å². The van der Waals surface area contributed by atoms with Gasteiger partial charge in [-0.15, -0.1) is 0 Å². The van der Waals surface area contributed by atoms with E-state index in [1.54, 1.807) is 18.6 Å². The summed E-state index contributed by atoms with van der Waals surface area (Å²) in [6.07, 6.45) is 5.22. The van der Waals surface area contributed by atoms with E-state index in [2.05, 4.69) is 15.0 Å². The van der Waals surface area contributed by atoms with Gasteiger partial charge in [0.25, 0.3) is 0 Å². The Bertz CT molecular complexity index is 736. The van der Waals surface area contributed by atoms with Gasteiger partial charge in [-0.3, -0.25) is 4.98 Å². The third-order valence-electron chi connectivity index (χ3n) is 2.98. The van der Waals surface area contributed by atoms with E-state index < -0.39 is 0 Å². The van der Waals surface area contributed by atoms with E-state index in [4.69, 9.17) is 11.5 Å². The highest BCUT2D eigenvalue weighted by atomic mass is 15.0. The summed E-state index contributed by atoms with van der Waals surface area (Å²) in [5.74, 6) is 0.233. The fourth-order valence-electron chi connectivity index (χ4n) is 2.08. The van der Waals surface area contributed by atoms with Crippen LogP contribution in [0.15, 0.2) is 24.7 Å². The number of nitrogens with zero attached hydrogens (tertiary/aromatic N) is 3. The Hall–Kier alpha value is -2.43. The SMILES string of the molecule is Cc1c2cnccc2c(N)c2nc(N)ncc12. The Morgan fingerprint density at radius 3 is 2.71 bits per heavy atom. The molecule has 0 unspecified atom stereocenters. The Balaban J connectivity index is 2.63. The average molecular weight is 225 g/mol. The second-order valence-corrected chi connectivity index (χ2v) is 3.95. The summed E-state index contributed by atoms with van der Waals surface area (Å²) in [5.41, 5.74) is 14.1. The van der Waals surface area contributed by atoms with Crippen LogP contribution in [0.1, 0.15) is 5.56 Å². The molecule has 5 heteroatoms. The van der Waals surface area contributed by atoms with E-state index in [9.17, 15) is 0 Å². The summed E-state index contributed by atoms with van der Waals surface area (Å²) in [6, 6.07) is 1.88. The highest BCUT2D eigenvalue weighted by Gasteiger charge is 2.10. The molecule has 0 saturated heterocycles. The maximum Gasteiger partial charge on any atom is 0.220 e. The summed E-state index contributed by atoms with van der Waals surface area (Å²) in [6.45, 7) is 2.01. The van der Waals surface area contributed by atoms with E-state index in [-0.39, 0.29) is 5.95 Å². The van der Waals surface area contributed by atoms with Crippen LogP contribution in [0.3, 0.4) is 0 Å². The molecule has 17 heavy (non-hydrogen) atoms. The maximum atomic E-state index is 6.12. The molecule has 0 spiro atoms. The van der Waals surface area contributed by atoms with E-state index in [0.717, 1.165) is 21.7 Å². The summed E-state index contributed by atoms with van der Waals surface area (Å²) in [7, 11) is 0. The lowest BCUT2D eigenvalue weighted by Gasteiger charge is -2.10. The van der Waals surface area contributed by atoms with Gasteiger partial charge in [-0.05, 0) is 18.6 Å². The zero-order valence-electron chi connectivity index (χ0n) is 9.31. The fourth-order valence-corrected chi connectivity index (χ4v) is 2.08. The number of aromatic nitrogens is 3. The molecule has 0 aliphatic rings. The first-order chi connectivity index (χ1) is 8.18. The third-order valence-corrected chi connectivity index (χ3v) is 2.98. The standard InChI is InChI=1S/C12H11N5/c1-6-8-4-15-3-2-7(8)10(13)11-9(6)5-16-12(14)17-11/h2-5H,13H2,1H3,(H2,14,16,17). The number of benzene rings is 1. The van der Waals surface area contributed by atoms with Crippen LogP contribution in [-0.2, 0) is 0 Å². The van der Waals surface area contributed by atoms with Gasteiger partial charge in [-0.25, -0.2) is 9.97 Å². The summed E-state index contributed by atoms with van der Waals surface area (Å²) in [5, 5.41) is 2.88. The van der Waals surface area contributed by atoms with Gasteiger partial charge in [0, 0.05) is 34.7 Å². The molecule has 0 fully saturated rings. The van der Waals surface area contributed by atoms with E-state index in [0.29, 0.717) is 11.2 Å². The number of hydrogen-bond acceptors (Lipinski definition) is 5. The zero-order chi connectivity index (χ0) is 12.0.